The highest BCUT2D eigenvalue weighted by Gasteiger charge is 2.16. The maximum absolute atomic E-state index is 12.3. The van der Waals surface area contributed by atoms with E-state index in [4.69, 9.17) is 14.2 Å². The molecule has 0 aliphatic carbocycles. The lowest BCUT2D eigenvalue weighted by molar-refractivity contribution is -0.119. The summed E-state index contributed by atoms with van der Waals surface area (Å²) < 4.78 is 15.5. The molecule has 2 heterocycles. The van der Waals surface area contributed by atoms with Crippen molar-refractivity contribution in [2.24, 2.45) is 0 Å². The summed E-state index contributed by atoms with van der Waals surface area (Å²) in [6.45, 7) is -0.276. The molecule has 0 spiro atoms. The van der Waals surface area contributed by atoms with E-state index in [1.165, 1.54) is 12.4 Å². The molecule has 1 aliphatic rings. The molecule has 0 saturated carbocycles. The Bertz CT molecular complexity index is 1000. The first-order valence-electron chi connectivity index (χ1n) is 7.77. The van der Waals surface area contributed by atoms with Gasteiger partial charge >= 0.3 is 5.97 Å². The van der Waals surface area contributed by atoms with Gasteiger partial charge in [-0.15, -0.1) is 0 Å². The first-order valence-corrected chi connectivity index (χ1v) is 7.77. The van der Waals surface area contributed by atoms with E-state index in [0.717, 1.165) is 0 Å². The van der Waals surface area contributed by atoms with Crippen LogP contribution in [0, 0.1) is 0 Å². The van der Waals surface area contributed by atoms with Crippen molar-refractivity contribution in [2.75, 3.05) is 18.7 Å². The SMILES string of the molecule is O=C(COC(=O)c1cccc2nccnc12)Nc1ccc2c(c1)OCO2. The molecular weight excluding hydrogens is 338 g/mol. The number of ether oxygens (including phenoxy) is 3. The van der Waals surface area contributed by atoms with Crippen molar-refractivity contribution < 1.29 is 23.8 Å². The number of aromatic nitrogens is 2. The molecule has 0 saturated heterocycles. The molecule has 2 aromatic carbocycles. The van der Waals surface area contributed by atoms with E-state index >= 15 is 0 Å². The number of hydrogen-bond donors (Lipinski definition) is 1. The van der Waals surface area contributed by atoms with Crippen molar-refractivity contribution in [2.45, 2.75) is 0 Å². The minimum atomic E-state index is -0.642. The van der Waals surface area contributed by atoms with Gasteiger partial charge in [-0.3, -0.25) is 14.8 Å². The highest BCUT2D eigenvalue weighted by atomic mass is 16.7. The Labute approximate surface area is 147 Å². The summed E-state index contributed by atoms with van der Waals surface area (Å²) in [6.07, 6.45) is 3.03. The number of fused-ring (bicyclic) bond motifs is 2. The van der Waals surface area contributed by atoms with E-state index in [1.54, 1.807) is 36.4 Å². The van der Waals surface area contributed by atoms with Crippen LogP contribution in [0.2, 0.25) is 0 Å². The van der Waals surface area contributed by atoms with Gasteiger partial charge in [0, 0.05) is 24.1 Å². The minimum absolute atomic E-state index is 0.151. The van der Waals surface area contributed by atoms with Crippen LogP contribution in [0.1, 0.15) is 10.4 Å². The van der Waals surface area contributed by atoms with Crippen molar-refractivity contribution in [1.29, 1.82) is 0 Å². The zero-order valence-electron chi connectivity index (χ0n) is 13.5. The van der Waals surface area contributed by atoms with Crippen LogP contribution in [0.5, 0.6) is 11.5 Å². The van der Waals surface area contributed by atoms with Crippen molar-refractivity contribution >= 4 is 28.6 Å². The van der Waals surface area contributed by atoms with Crippen LogP contribution in [0.3, 0.4) is 0 Å². The quantitative estimate of drug-likeness (QED) is 0.719. The highest BCUT2D eigenvalue weighted by Crippen LogP contribution is 2.34. The van der Waals surface area contributed by atoms with Gasteiger partial charge in [0.1, 0.15) is 5.52 Å². The zero-order chi connectivity index (χ0) is 17.9. The second-order valence-electron chi connectivity index (χ2n) is 5.42. The summed E-state index contributed by atoms with van der Waals surface area (Å²) in [4.78, 5) is 32.6. The smallest absolute Gasteiger partial charge is 0.340 e. The fourth-order valence-corrected chi connectivity index (χ4v) is 2.54. The van der Waals surface area contributed by atoms with Gasteiger partial charge in [-0.25, -0.2) is 4.79 Å². The number of nitrogens with one attached hydrogen (secondary N) is 1. The predicted molar refractivity (Wildman–Crippen MR) is 91.0 cm³/mol. The summed E-state index contributed by atoms with van der Waals surface area (Å²) in [5.41, 5.74) is 1.78. The van der Waals surface area contributed by atoms with Crippen LogP contribution in [0.25, 0.3) is 11.0 Å². The van der Waals surface area contributed by atoms with Crippen LogP contribution >= 0.6 is 0 Å². The molecule has 1 N–H and O–H groups in total. The third-order valence-corrected chi connectivity index (χ3v) is 3.71. The number of anilines is 1. The third-order valence-electron chi connectivity index (χ3n) is 3.71. The van der Waals surface area contributed by atoms with Crippen LogP contribution < -0.4 is 14.8 Å². The van der Waals surface area contributed by atoms with Crippen molar-refractivity contribution in [1.82, 2.24) is 9.97 Å². The standard InChI is InChI=1S/C18H13N3O5/c22-16(21-11-4-5-14-15(8-11)26-10-25-14)9-24-18(23)12-2-1-3-13-17(12)20-7-6-19-13/h1-8H,9-10H2,(H,21,22). The molecular formula is C18H13N3O5. The summed E-state index contributed by atoms with van der Waals surface area (Å²) in [5.74, 6) is 0.0566. The molecule has 0 bridgehead atoms. The molecule has 1 aromatic heterocycles. The number of carbonyl (C=O) groups is 2. The Balaban J connectivity index is 1.40. The Hall–Kier alpha value is -3.68. The lowest BCUT2D eigenvalue weighted by atomic mass is 10.2. The Kier molecular flexibility index (Phi) is 4.06. The molecule has 1 amide bonds. The monoisotopic (exact) mass is 351 g/mol. The second-order valence-corrected chi connectivity index (χ2v) is 5.42. The Morgan fingerprint density at radius 1 is 1.08 bits per heavy atom. The number of amides is 1. The average Bonchev–Trinajstić information content (AvgIpc) is 3.13. The fourth-order valence-electron chi connectivity index (χ4n) is 2.54. The molecule has 0 unspecified atom stereocenters. The topological polar surface area (TPSA) is 99.6 Å². The number of esters is 1. The summed E-state index contributed by atoms with van der Waals surface area (Å²) in [6, 6.07) is 10.0. The van der Waals surface area contributed by atoms with E-state index in [2.05, 4.69) is 15.3 Å². The first-order chi connectivity index (χ1) is 12.7. The van der Waals surface area contributed by atoms with E-state index in [0.29, 0.717) is 28.2 Å². The molecule has 8 nitrogen and oxygen atoms in total. The average molecular weight is 351 g/mol. The number of para-hydroxylation sites is 1. The third kappa shape index (κ3) is 3.12. The van der Waals surface area contributed by atoms with Crippen LogP contribution in [-0.4, -0.2) is 35.2 Å². The number of rotatable bonds is 4. The number of hydrogen-bond acceptors (Lipinski definition) is 7. The summed E-state index contributed by atoms with van der Waals surface area (Å²) in [5, 5.41) is 2.64. The summed E-state index contributed by atoms with van der Waals surface area (Å²) in [7, 11) is 0. The van der Waals surface area contributed by atoms with Gasteiger partial charge in [-0.05, 0) is 24.3 Å². The maximum Gasteiger partial charge on any atom is 0.340 e. The van der Waals surface area contributed by atoms with Crippen molar-refractivity contribution in [3.05, 3.63) is 54.4 Å². The highest BCUT2D eigenvalue weighted by molar-refractivity contribution is 6.02. The summed E-state index contributed by atoms with van der Waals surface area (Å²) >= 11 is 0. The van der Waals surface area contributed by atoms with Crippen LogP contribution in [0.15, 0.2) is 48.8 Å². The normalized spacial score (nSPS) is 12.0. The van der Waals surface area contributed by atoms with Crippen LogP contribution in [0.4, 0.5) is 5.69 Å². The van der Waals surface area contributed by atoms with Gasteiger partial charge in [-0.2, -0.15) is 0 Å². The number of nitrogens with zero attached hydrogens (tertiary/aromatic N) is 2. The molecule has 26 heavy (non-hydrogen) atoms. The van der Waals surface area contributed by atoms with E-state index in [9.17, 15) is 9.59 Å². The van der Waals surface area contributed by atoms with Crippen molar-refractivity contribution in [3.8, 4) is 11.5 Å². The van der Waals surface area contributed by atoms with Gasteiger partial charge in [0.05, 0.1) is 11.1 Å². The van der Waals surface area contributed by atoms with Gasteiger partial charge < -0.3 is 19.5 Å². The first kappa shape index (κ1) is 15.8. The molecule has 4 rings (SSSR count). The van der Waals surface area contributed by atoms with Gasteiger partial charge in [0.15, 0.2) is 18.1 Å². The lowest BCUT2D eigenvalue weighted by Crippen LogP contribution is -2.21. The van der Waals surface area contributed by atoms with Crippen molar-refractivity contribution in [3.63, 3.8) is 0 Å². The largest absolute Gasteiger partial charge is 0.454 e. The predicted octanol–water partition coefficient (Wildman–Crippen LogP) is 2.15. The minimum Gasteiger partial charge on any atom is -0.454 e. The molecule has 0 radical (unpaired) electrons. The maximum atomic E-state index is 12.3. The fraction of sp³-hybridized carbons (Fsp3) is 0.111. The Morgan fingerprint density at radius 3 is 2.85 bits per heavy atom. The molecule has 3 aromatic rings. The molecule has 130 valence electrons. The van der Waals surface area contributed by atoms with Crippen LogP contribution in [-0.2, 0) is 9.53 Å². The number of benzene rings is 2. The Morgan fingerprint density at radius 2 is 1.92 bits per heavy atom. The van der Waals surface area contributed by atoms with Gasteiger partial charge in [-0.1, -0.05) is 6.07 Å². The van der Waals surface area contributed by atoms with Gasteiger partial charge in [0.2, 0.25) is 6.79 Å². The van der Waals surface area contributed by atoms with E-state index in [1.807, 2.05) is 0 Å². The number of carbonyl (C=O) groups excluding carboxylic acids is 2. The molecule has 0 fully saturated rings. The lowest BCUT2D eigenvalue weighted by Gasteiger charge is -2.08. The van der Waals surface area contributed by atoms with E-state index in [-0.39, 0.29) is 12.4 Å². The van der Waals surface area contributed by atoms with Gasteiger partial charge in [0.25, 0.3) is 5.91 Å². The molecule has 1 aliphatic heterocycles. The molecule has 0 atom stereocenters. The van der Waals surface area contributed by atoms with E-state index < -0.39 is 18.5 Å². The zero-order valence-corrected chi connectivity index (χ0v) is 13.5. The molecule has 8 heteroatoms. The second kappa shape index (κ2) is 6.67.